The summed E-state index contributed by atoms with van der Waals surface area (Å²) in [6.45, 7) is 1.73. The van der Waals surface area contributed by atoms with Gasteiger partial charge in [-0.05, 0) is 37.3 Å². The number of aryl methyl sites for hydroxylation is 2. The van der Waals surface area contributed by atoms with Gasteiger partial charge in [-0.2, -0.15) is 0 Å². The maximum Gasteiger partial charge on any atom is 0.257 e. The third-order valence-corrected chi connectivity index (χ3v) is 5.07. The minimum Gasteiger partial charge on any atom is -0.332 e. The summed E-state index contributed by atoms with van der Waals surface area (Å²) in [6.07, 6.45) is 3.83. The Bertz CT molecular complexity index is 722. The molecule has 20 heavy (non-hydrogen) atoms. The summed E-state index contributed by atoms with van der Waals surface area (Å²) in [5, 5.41) is 0.133. The molecule has 1 heterocycles. The second-order valence-electron chi connectivity index (χ2n) is 5.16. The number of sulfonamides is 1. The number of imidazole rings is 1. The fourth-order valence-corrected chi connectivity index (χ4v) is 3.86. The van der Waals surface area contributed by atoms with Gasteiger partial charge >= 0.3 is 0 Å². The van der Waals surface area contributed by atoms with Crippen molar-refractivity contribution >= 4 is 10.0 Å². The molecule has 1 aliphatic rings. The van der Waals surface area contributed by atoms with Crippen molar-refractivity contribution in [1.82, 2.24) is 14.7 Å². The Hall–Kier alpha value is -1.66. The summed E-state index contributed by atoms with van der Waals surface area (Å²) in [5.41, 5.74) is 2.55. The average molecular weight is 291 g/mol. The van der Waals surface area contributed by atoms with Crippen LogP contribution in [0.5, 0.6) is 0 Å². The molecule has 1 aliphatic carbocycles. The molecule has 2 aromatic rings. The molecular formula is C14H17N3O2S. The second-order valence-corrected chi connectivity index (χ2v) is 6.84. The van der Waals surface area contributed by atoms with Gasteiger partial charge in [0.15, 0.2) is 5.03 Å². The van der Waals surface area contributed by atoms with Crippen molar-refractivity contribution in [2.45, 2.75) is 37.3 Å². The third kappa shape index (κ3) is 2.62. The summed E-state index contributed by atoms with van der Waals surface area (Å²) in [4.78, 5) is 6.70. The van der Waals surface area contributed by atoms with Crippen LogP contribution in [0, 0.1) is 6.92 Å². The molecule has 1 aromatic heterocycles. The van der Waals surface area contributed by atoms with Crippen molar-refractivity contribution in [3.63, 3.8) is 0 Å². The smallest absolute Gasteiger partial charge is 0.257 e. The van der Waals surface area contributed by atoms with E-state index in [4.69, 9.17) is 0 Å². The average Bonchev–Trinajstić information content (AvgIpc) is 2.86. The molecule has 1 unspecified atom stereocenters. The lowest BCUT2D eigenvalue weighted by atomic mass is 9.89. The monoisotopic (exact) mass is 291 g/mol. The third-order valence-electron chi connectivity index (χ3n) is 3.64. The largest absolute Gasteiger partial charge is 0.332 e. The van der Waals surface area contributed by atoms with Crippen molar-refractivity contribution in [2.75, 3.05) is 0 Å². The van der Waals surface area contributed by atoms with Crippen molar-refractivity contribution in [3.05, 3.63) is 47.4 Å². The van der Waals surface area contributed by atoms with Gasteiger partial charge in [-0.3, -0.25) is 0 Å². The lowest BCUT2D eigenvalue weighted by molar-refractivity contribution is 0.506. The number of hydrogen-bond donors (Lipinski definition) is 2. The highest BCUT2D eigenvalue weighted by Crippen LogP contribution is 2.22. The highest BCUT2D eigenvalue weighted by Gasteiger charge is 2.25. The first-order valence-corrected chi connectivity index (χ1v) is 8.13. The maximum atomic E-state index is 12.2. The zero-order valence-corrected chi connectivity index (χ0v) is 12.1. The number of nitrogens with zero attached hydrogens (tertiary/aromatic N) is 1. The number of benzene rings is 1. The van der Waals surface area contributed by atoms with Gasteiger partial charge in [0.2, 0.25) is 0 Å². The lowest BCUT2D eigenvalue weighted by Crippen LogP contribution is -2.38. The minimum atomic E-state index is -3.51. The van der Waals surface area contributed by atoms with Crippen LogP contribution in [0.15, 0.2) is 35.5 Å². The van der Waals surface area contributed by atoms with E-state index < -0.39 is 10.0 Å². The Morgan fingerprint density at radius 3 is 2.75 bits per heavy atom. The van der Waals surface area contributed by atoms with Gasteiger partial charge in [0.25, 0.3) is 10.0 Å². The van der Waals surface area contributed by atoms with Crippen molar-refractivity contribution in [1.29, 1.82) is 0 Å². The fourth-order valence-electron chi connectivity index (χ4n) is 2.62. The van der Waals surface area contributed by atoms with E-state index in [0.29, 0.717) is 5.82 Å². The van der Waals surface area contributed by atoms with Crippen LogP contribution in [0.2, 0.25) is 0 Å². The van der Waals surface area contributed by atoms with E-state index in [0.717, 1.165) is 19.3 Å². The number of fused-ring (bicyclic) bond motifs is 1. The fraction of sp³-hybridized carbons (Fsp3) is 0.357. The summed E-state index contributed by atoms with van der Waals surface area (Å²) in [6, 6.07) is 8.14. The van der Waals surface area contributed by atoms with E-state index in [-0.39, 0.29) is 11.1 Å². The molecular weight excluding hydrogens is 274 g/mol. The molecule has 5 nitrogen and oxygen atoms in total. The molecule has 0 aliphatic heterocycles. The molecule has 1 atom stereocenters. The number of aromatic amines is 1. The highest BCUT2D eigenvalue weighted by atomic mass is 32.2. The van der Waals surface area contributed by atoms with Gasteiger partial charge in [-0.15, -0.1) is 0 Å². The summed E-state index contributed by atoms with van der Waals surface area (Å²) in [5.74, 6) is 0.597. The van der Waals surface area contributed by atoms with E-state index >= 15 is 0 Å². The van der Waals surface area contributed by atoms with E-state index in [1.54, 1.807) is 6.92 Å². The number of rotatable bonds is 3. The van der Waals surface area contributed by atoms with Crippen molar-refractivity contribution < 1.29 is 8.42 Å². The van der Waals surface area contributed by atoms with Crippen LogP contribution >= 0.6 is 0 Å². The Morgan fingerprint density at radius 1 is 1.30 bits per heavy atom. The molecule has 0 amide bonds. The molecule has 106 valence electrons. The van der Waals surface area contributed by atoms with Gasteiger partial charge in [0.05, 0.1) is 6.20 Å². The molecule has 0 saturated heterocycles. The van der Waals surface area contributed by atoms with Gasteiger partial charge in [0.1, 0.15) is 5.82 Å². The predicted molar refractivity (Wildman–Crippen MR) is 75.9 cm³/mol. The van der Waals surface area contributed by atoms with E-state index in [1.165, 1.54) is 17.3 Å². The van der Waals surface area contributed by atoms with Crippen LogP contribution in [0.3, 0.4) is 0 Å². The topological polar surface area (TPSA) is 74.8 Å². The Balaban J connectivity index is 1.77. The molecule has 0 saturated carbocycles. The number of H-pyrrole nitrogens is 1. The van der Waals surface area contributed by atoms with Gasteiger partial charge in [-0.1, -0.05) is 24.3 Å². The van der Waals surface area contributed by atoms with Crippen molar-refractivity contribution in [3.8, 4) is 0 Å². The van der Waals surface area contributed by atoms with Gasteiger partial charge < -0.3 is 4.98 Å². The SMILES string of the molecule is Cc1ncc(S(=O)(=O)NC2CCc3ccccc3C2)[nH]1. The number of nitrogens with one attached hydrogen (secondary N) is 2. The highest BCUT2D eigenvalue weighted by molar-refractivity contribution is 7.89. The van der Waals surface area contributed by atoms with Gasteiger partial charge in [-0.25, -0.2) is 18.1 Å². The Kier molecular flexibility index (Phi) is 3.35. The van der Waals surface area contributed by atoms with Crippen LogP contribution < -0.4 is 4.72 Å². The summed E-state index contributed by atoms with van der Waals surface area (Å²) in [7, 11) is -3.51. The normalized spacial score (nSPS) is 18.8. The zero-order valence-electron chi connectivity index (χ0n) is 11.3. The van der Waals surface area contributed by atoms with E-state index in [1.807, 2.05) is 12.1 Å². The summed E-state index contributed by atoms with van der Waals surface area (Å²) >= 11 is 0. The zero-order chi connectivity index (χ0) is 14.2. The Labute approximate surface area is 118 Å². The minimum absolute atomic E-state index is 0.0569. The first kappa shape index (κ1) is 13.3. The van der Waals surface area contributed by atoms with E-state index in [9.17, 15) is 8.42 Å². The first-order chi connectivity index (χ1) is 9.54. The first-order valence-electron chi connectivity index (χ1n) is 6.65. The predicted octanol–water partition coefficient (Wildman–Crippen LogP) is 1.55. The van der Waals surface area contributed by atoms with E-state index in [2.05, 4.69) is 26.8 Å². The van der Waals surface area contributed by atoms with Crippen LogP contribution in [-0.2, 0) is 22.9 Å². The molecule has 6 heteroatoms. The molecule has 0 fully saturated rings. The lowest BCUT2D eigenvalue weighted by Gasteiger charge is -2.24. The molecule has 0 bridgehead atoms. The standard InChI is InChI=1S/C14H17N3O2S/c1-10-15-9-14(16-10)20(18,19)17-13-7-6-11-4-2-3-5-12(11)8-13/h2-5,9,13,17H,6-8H2,1H3,(H,15,16). The van der Waals surface area contributed by atoms with Crippen LogP contribution in [0.1, 0.15) is 23.4 Å². The molecule has 2 N–H and O–H groups in total. The van der Waals surface area contributed by atoms with Crippen molar-refractivity contribution in [2.24, 2.45) is 0 Å². The molecule has 3 rings (SSSR count). The number of aromatic nitrogens is 2. The van der Waals surface area contributed by atoms with Crippen LogP contribution in [0.25, 0.3) is 0 Å². The molecule has 0 spiro atoms. The van der Waals surface area contributed by atoms with Crippen LogP contribution in [0.4, 0.5) is 0 Å². The number of hydrogen-bond acceptors (Lipinski definition) is 3. The quantitative estimate of drug-likeness (QED) is 0.901. The molecule has 1 aromatic carbocycles. The Morgan fingerprint density at radius 2 is 2.05 bits per heavy atom. The maximum absolute atomic E-state index is 12.2. The van der Waals surface area contributed by atoms with Crippen LogP contribution in [-0.4, -0.2) is 24.4 Å². The molecule has 0 radical (unpaired) electrons. The second kappa shape index (κ2) is 5.03. The summed E-state index contributed by atoms with van der Waals surface area (Å²) < 4.78 is 27.3. The van der Waals surface area contributed by atoms with Gasteiger partial charge in [0, 0.05) is 6.04 Å².